The highest BCUT2D eigenvalue weighted by Gasteiger charge is 2.51. The van der Waals surface area contributed by atoms with Crippen molar-refractivity contribution in [2.45, 2.75) is 5.41 Å². The van der Waals surface area contributed by atoms with Crippen molar-refractivity contribution in [1.29, 1.82) is 0 Å². The fourth-order valence-electron chi connectivity index (χ4n) is 10.4. The van der Waals surface area contributed by atoms with Crippen molar-refractivity contribution in [2.75, 3.05) is 0 Å². The summed E-state index contributed by atoms with van der Waals surface area (Å²) in [6.07, 6.45) is 0. The van der Waals surface area contributed by atoms with Gasteiger partial charge in [0.25, 0.3) is 0 Å². The summed E-state index contributed by atoms with van der Waals surface area (Å²) in [6, 6.07) is 76.7. The normalized spacial score (nSPS) is 13.0. The van der Waals surface area contributed by atoms with E-state index in [2.05, 4.69) is 194 Å². The molecule has 11 aromatic rings. The molecule has 0 amide bonds. The highest BCUT2D eigenvalue weighted by Crippen LogP contribution is 2.63. The van der Waals surface area contributed by atoms with E-state index in [0.29, 0.717) is 17.5 Å². The number of thiophene rings is 1. The molecule has 0 atom stereocenters. The van der Waals surface area contributed by atoms with Gasteiger partial charge in [-0.15, -0.1) is 11.3 Å². The van der Waals surface area contributed by atoms with Crippen molar-refractivity contribution in [1.82, 2.24) is 15.0 Å². The minimum atomic E-state index is -0.435. The molecule has 9 aromatic carbocycles. The fourth-order valence-corrected chi connectivity index (χ4v) is 11.5. The van der Waals surface area contributed by atoms with E-state index in [4.69, 9.17) is 15.0 Å². The van der Waals surface area contributed by atoms with Crippen LogP contribution in [0, 0.1) is 0 Å². The Hall–Kier alpha value is -7.79. The van der Waals surface area contributed by atoms with Crippen molar-refractivity contribution in [2.24, 2.45) is 0 Å². The van der Waals surface area contributed by atoms with Gasteiger partial charge < -0.3 is 0 Å². The van der Waals surface area contributed by atoms with Crippen molar-refractivity contribution in [3.05, 3.63) is 235 Å². The molecule has 4 heteroatoms. The number of fused-ring (bicyclic) bond motifs is 13. The van der Waals surface area contributed by atoms with E-state index >= 15 is 0 Å². The van der Waals surface area contributed by atoms with Gasteiger partial charge in [-0.25, -0.2) is 15.0 Å². The van der Waals surface area contributed by atoms with E-state index in [-0.39, 0.29) is 0 Å². The van der Waals surface area contributed by atoms with Gasteiger partial charge in [0.1, 0.15) is 0 Å². The van der Waals surface area contributed by atoms with Gasteiger partial charge in [-0.05, 0) is 91.0 Å². The summed E-state index contributed by atoms with van der Waals surface area (Å²) in [5, 5.41) is 2.56. The number of rotatable bonds is 5. The van der Waals surface area contributed by atoms with Crippen molar-refractivity contribution >= 4 is 31.5 Å². The lowest BCUT2D eigenvalue weighted by atomic mass is 9.70. The van der Waals surface area contributed by atoms with E-state index in [1.807, 2.05) is 29.5 Å². The number of benzene rings is 9. The lowest BCUT2D eigenvalue weighted by Gasteiger charge is -2.30. The van der Waals surface area contributed by atoms with Crippen LogP contribution in [0.2, 0.25) is 0 Å². The van der Waals surface area contributed by atoms with Crippen LogP contribution >= 0.6 is 11.3 Å². The van der Waals surface area contributed by atoms with Crippen LogP contribution in [0.5, 0.6) is 0 Å². The first-order valence-corrected chi connectivity index (χ1v) is 21.9. The monoisotopic (exact) mass is 805 g/mol. The average molecular weight is 806 g/mol. The maximum absolute atomic E-state index is 5.34. The van der Waals surface area contributed by atoms with Crippen LogP contribution in [0.3, 0.4) is 0 Å². The van der Waals surface area contributed by atoms with Crippen LogP contribution in [-0.4, -0.2) is 15.0 Å². The second kappa shape index (κ2) is 13.6. The highest BCUT2D eigenvalue weighted by molar-refractivity contribution is 7.25. The molecule has 2 heterocycles. The van der Waals surface area contributed by atoms with Crippen LogP contribution in [0.1, 0.15) is 22.3 Å². The molecule has 62 heavy (non-hydrogen) atoms. The molecule has 1 spiro atoms. The molecule has 13 rings (SSSR count). The topological polar surface area (TPSA) is 38.7 Å². The Morgan fingerprint density at radius 3 is 1.50 bits per heavy atom. The van der Waals surface area contributed by atoms with Crippen LogP contribution in [-0.2, 0) is 5.41 Å². The van der Waals surface area contributed by atoms with E-state index in [0.717, 1.165) is 33.4 Å². The van der Waals surface area contributed by atoms with Gasteiger partial charge in [0.15, 0.2) is 17.5 Å². The molecule has 0 saturated heterocycles. The molecule has 2 aliphatic rings. The largest absolute Gasteiger partial charge is 0.208 e. The first-order valence-electron chi connectivity index (χ1n) is 21.1. The second-order valence-corrected chi connectivity index (χ2v) is 17.3. The minimum absolute atomic E-state index is 0.435. The quantitative estimate of drug-likeness (QED) is 0.174. The first-order chi connectivity index (χ1) is 30.7. The summed E-state index contributed by atoms with van der Waals surface area (Å²) >= 11 is 1.84. The molecule has 0 bridgehead atoms. The zero-order chi connectivity index (χ0) is 40.8. The average Bonchev–Trinajstić information content (AvgIpc) is 3.98. The van der Waals surface area contributed by atoms with Gasteiger partial charge >= 0.3 is 0 Å². The standard InChI is InChI=1S/C58H35N3S/c1-2-16-36(17-3-1)55-59-56(39-19-14-18-37(34-39)41-26-15-31-53-54(41)47-25-9-13-30-52(47)62-53)61-57(60-55)46-24-5-4-20-40(46)38-32-33-45-44-23-8-12-29-50(44)58(51(45)35-38)48-27-10-6-21-42(48)43-22-7-11-28-49(43)58/h1-35H. The number of nitrogens with zero attached hydrogens (tertiary/aromatic N) is 3. The maximum Gasteiger partial charge on any atom is 0.164 e. The molecule has 3 nitrogen and oxygen atoms in total. The summed E-state index contributed by atoms with van der Waals surface area (Å²) in [5.41, 5.74) is 17.4. The zero-order valence-corrected chi connectivity index (χ0v) is 34.3. The SMILES string of the molecule is c1ccc(-c2nc(-c3cccc(-c4cccc5sc6ccccc6c45)c3)nc(-c3ccccc3-c3ccc4c(c3)C3(c5ccccc5-c5ccccc53)c3ccccc3-4)n2)cc1. The van der Waals surface area contributed by atoms with E-state index in [1.54, 1.807) is 0 Å². The van der Waals surface area contributed by atoms with Gasteiger partial charge in [-0.1, -0.05) is 188 Å². The summed E-state index contributed by atoms with van der Waals surface area (Å²) in [5.74, 6) is 1.91. The molecule has 2 aliphatic carbocycles. The predicted molar refractivity (Wildman–Crippen MR) is 256 cm³/mol. The summed E-state index contributed by atoms with van der Waals surface area (Å²) in [7, 11) is 0. The van der Waals surface area contributed by atoms with Crippen LogP contribution in [0.15, 0.2) is 212 Å². The molecule has 0 saturated carbocycles. The molecule has 0 unspecified atom stereocenters. The van der Waals surface area contributed by atoms with Crippen LogP contribution in [0.25, 0.3) is 98.8 Å². The molecular weight excluding hydrogens is 771 g/mol. The predicted octanol–water partition coefficient (Wildman–Crippen LogP) is 14.9. The van der Waals surface area contributed by atoms with Crippen molar-refractivity contribution in [3.8, 4) is 78.7 Å². The maximum atomic E-state index is 5.34. The highest BCUT2D eigenvalue weighted by atomic mass is 32.1. The van der Waals surface area contributed by atoms with Crippen molar-refractivity contribution < 1.29 is 0 Å². The van der Waals surface area contributed by atoms with E-state index < -0.39 is 5.41 Å². The molecule has 0 aliphatic heterocycles. The third-order valence-corrected chi connectivity index (χ3v) is 14.1. The number of hydrogen-bond acceptors (Lipinski definition) is 4. The molecule has 0 fully saturated rings. The minimum Gasteiger partial charge on any atom is -0.208 e. The lowest BCUT2D eigenvalue weighted by molar-refractivity contribution is 0.794. The Kier molecular flexibility index (Phi) is 7.69. The lowest BCUT2D eigenvalue weighted by Crippen LogP contribution is -2.25. The fraction of sp³-hybridized carbons (Fsp3) is 0.0172. The summed E-state index contributed by atoms with van der Waals surface area (Å²) < 4.78 is 2.57. The Labute approximate surface area is 363 Å². The van der Waals surface area contributed by atoms with Crippen molar-refractivity contribution in [3.63, 3.8) is 0 Å². The first kappa shape index (κ1) is 35.0. The van der Waals surface area contributed by atoms with E-state index in [1.165, 1.54) is 70.2 Å². The third-order valence-electron chi connectivity index (χ3n) is 13.0. The molecule has 0 N–H and O–H groups in total. The Balaban J connectivity index is 0.994. The molecular formula is C58H35N3S. The smallest absolute Gasteiger partial charge is 0.164 e. The molecule has 288 valence electrons. The summed E-state index contributed by atoms with van der Waals surface area (Å²) in [4.78, 5) is 15.8. The van der Waals surface area contributed by atoms with Gasteiger partial charge in [-0.2, -0.15) is 0 Å². The Morgan fingerprint density at radius 2 is 0.774 bits per heavy atom. The third kappa shape index (κ3) is 5.08. The molecule has 2 aromatic heterocycles. The van der Waals surface area contributed by atoms with Crippen LogP contribution < -0.4 is 0 Å². The second-order valence-electron chi connectivity index (χ2n) is 16.2. The van der Waals surface area contributed by atoms with Gasteiger partial charge in [-0.3, -0.25) is 0 Å². The van der Waals surface area contributed by atoms with Crippen LogP contribution in [0.4, 0.5) is 0 Å². The Bertz CT molecular complexity index is 3540. The number of aromatic nitrogens is 3. The zero-order valence-electron chi connectivity index (χ0n) is 33.5. The van der Waals surface area contributed by atoms with Gasteiger partial charge in [0, 0.05) is 36.9 Å². The summed E-state index contributed by atoms with van der Waals surface area (Å²) in [6.45, 7) is 0. The van der Waals surface area contributed by atoms with E-state index in [9.17, 15) is 0 Å². The Morgan fingerprint density at radius 1 is 0.290 bits per heavy atom. The molecule has 0 radical (unpaired) electrons. The number of hydrogen-bond donors (Lipinski definition) is 0. The van der Waals surface area contributed by atoms with Gasteiger partial charge in [0.2, 0.25) is 0 Å². The van der Waals surface area contributed by atoms with Gasteiger partial charge in [0.05, 0.1) is 5.41 Å².